The predicted octanol–water partition coefficient (Wildman–Crippen LogP) is 4.97. The van der Waals surface area contributed by atoms with E-state index in [2.05, 4.69) is 5.32 Å². The van der Waals surface area contributed by atoms with Crippen molar-refractivity contribution in [2.45, 2.75) is 13.8 Å². The first-order valence-corrected chi connectivity index (χ1v) is 10.2. The van der Waals surface area contributed by atoms with Gasteiger partial charge in [0.05, 0.1) is 28.1 Å². The number of nitro benzene ring substituents is 2. The van der Waals surface area contributed by atoms with Crippen LogP contribution in [0.15, 0.2) is 48.5 Å². The van der Waals surface area contributed by atoms with Crippen LogP contribution in [0.25, 0.3) is 11.1 Å². The van der Waals surface area contributed by atoms with E-state index in [4.69, 9.17) is 4.74 Å². The summed E-state index contributed by atoms with van der Waals surface area (Å²) in [5.74, 6) is -1.47. The molecule has 0 saturated carbocycles. The van der Waals surface area contributed by atoms with E-state index in [0.29, 0.717) is 5.56 Å². The third-order valence-electron chi connectivity index (χ3n) is 4.44. The van der Waals surface area contributed by atoms with E-state index < -0.39 is 33.1 Å². The van der Waals surface area contributed by atoms with Gasteiger partial charge in [0.1, 0.15) is 10.6 Å². The van der Waals surface area contributed by atoms with Gasteiger partial charge in [0, 0.05) is 22.6 Å². The summed E-state index contributed by atoms with van der Waals surface area (Å²) < 4.78 is 5.17. The van der Waals surface area contributed by atoms with Crippen molar-refractivity contribution >= 4 is 39.6 Å². The molecule has 0 spiro atoms. The average Bonchev–Trinajstić information content (AvgIpc) is 3.09. The average molecular weight is 455 g/mol. The monoisotopic (exact) mass is 455 g/mol. The summed E-state index contributed by atoms with van der Waals surface area (Å²) in [6.45, 7) is 3.55. The van der Waals surface area contributed by atoms with Gasteiger partial charge in [-0.3, -0.25) is 25.0 Å². The van der Waals surface area contributed by atoms with E-state index in [0.717, 1.165) is 40.0 Å². The molecular formula is C21H17N3O7S. The molecule has 3 aromatic rings. The van der Waals surface area contributed by atoms with Crippen LogP contribution in [0.5, 0.6) is 0 Å². The molecule has 0 aliphatic rings. The van der Waals surface area contributed by atoms with E-state index in [1.165, 1.54) is 0 Å². The maximum atomic E-state index is 12.9. The fourth-order valence-electron chi connectivity index (χ4n) is 3.10. The summed E-state index contributed by atoms with van der Waals surface area (Å²) in [6.07, 6.45) is 0. The topological polar surface area (TPSA) is 142 Å². The van der Waals surface area contributed by atoms with Crippen LogP contribution in [0, 0.1) is 27.2 Å². The van der Waals surface area contributed by atoms with Gasteiger partial charge >= 0.3 is 5.97 Å². The number of thiophene rings is 1. The zero-order valence-electron chi connectivity index (χ0n) is 17.0. The SMILES string of the molecule is CCOC(=O)c1c(NC(=O)c2cc([N+](=O)[O-])cc([N+](=O)[O-])c2)sc(C)c1-c1ccccc1. The van der Waals surface area contributed by atoms with Gasteiger partial charge in [-0.1, -0.05) is 30.3 Å². The number of hydrogen-bond acceptors (Lipinski definition) is 8. The number of ether oxygens (including phenoxy) is 1. The summed E-state index contributed by atoms with van der Waals surface area (Å²) in [7, 11) is 0. The highest BCUT2D eigenvalue weighted by molar-refractivity contribution is 7.17. The third-order valence-corrected chi connectivity index (χ3v) is 5.46. The fourth-order valence-corrected chi connectivity index (χ4v) is 4.15. The Morgan fingerprint density at radius 1 is 1.03 bits per heavy atom. The number of carbonyl (C=O) groups is 2. The number of rotatable bonds is 7. The predicted molar refractivity (Wildman–Crippen MR) is 118 cm³/mol. The minimum absolute atomic E-state index is 0.117. The van der Waals surface area contributed by atoms with Crippen molar-refractivity contribution in [3.63, 3.8) is 0 Å². The van der Waals surface area contributed by atoms with Gasteiger partial charge in [-0.25, -0.2) is 4.79 Å². The molecule has 0 aliphatic heterocycles. The molecule has 0 bridgehead atoms. The number of hydrogen-bond donors (Lipinski definition) is 1. The Hall–Kier alpha value is -4.12. The number of anilines is 1. The first-order valence-electron chi connectivity index (χ1n) is 9.34. The summed E-state index contributed by atoms with van der Waals surface area (Å²) >= 11 is 1.13. The molecule has 1 N–H and O–H groups in total. The van der Waals surface area contributed by atoms with Gasteiger partial charge in [-0.2, -0.15) is 0 Å². The third kappa shape index (κ3) is 4.62. The lowest BCUT2D eigenvalue weighted by Gasteiger charge is -2.09. The zero-order valence-corrected chi connectivity index (χ0v) is 17.8. The standard InChI is InChI=1S/C21H17N3O7S/c1-3-31-21(26)18-17(13-7-5-4-6-8-13)12(2)32-20(18)22-19(25)14-9-15(23(27)28)11-16(10-14)24(29)30/h4-11H,3H2,1-2H3,(H,22,25). The number of amides is 1. The van der Waals surface area contributed by atoms with Crippen molar-refractivity contribution in [2.24, 2.45) is 0 Å². The van der Waals surface area contributed by atoms with Crippen LogP contribution >= 0.6 is 11.3 Å². The second-order valence-corrected chi connectivity index (χ2v) is 7.76. The Balaban J connectivity index is 2.08. The number of aryl methyl sites for hydroxylation is 1. The quantitative estimate of drug-likeness (QED) is 0.301. The molecule has 11 heteroatoms. The largest absolute Gasteiger partial charge is 0.462 e. The van der Waals surface area contributed by atoms with Gasteiger partial charge in [-0.15, -0.1) is 11.3 Å². The molecule has 0 radical (unpaired) electrons. The first-order chi connectivity index (χ1) is 15.2. The molecule has 1 amide bonds. The van der Waals surface area contributed by atoms with E-state index in [1.54, 1.807) is 13.8 Å². The summed E-state index contributed by atoms with van der Waals surface area (Å²) in [5.41, 5.74) is 0.0108. The molecule has 0 saturated heterocycles. The smallest absolute Gasteiger partial charge is 0.341 e. The van der Waals surface area contributed by atoms with E-state index >= 15 is 0 Å². The maximum Gasteiger partial charge on any atom is 0.341 e. The highest BCUT2D eigenvalue weighted by Gasteiger charge is 2.27. The lowest BCUT2D eigenvalue weighted by Crippen LogP contribution is -2.15. The van der Waals surface area contributed by atoms with Crippen molar-refractivity contribution in [1.82, 2.24) is 0 Å². The second-order valence-electron chi connectivity index (χ2n) is 6.53. The molecule has 2 aromatic carbocycles. The molecule has 0 aliphatic carbocycles. The lowest BCUT2D eigenvalue weighted by molar-refractivity contribution is -0.394. The zero-order chi connectivity index (χ0) is 23.4. The number of nitrogens with one attached hydrogen (secondary N) is 1. The van der Waals surface area contributed by atoms with Crippen LogP contribution < -0.4 is 5.32 Å². The van der Waals surface area contributed by atoms with Gasteiger partial charge < -0.3 is 10.1 Å². The molecule has 0 fully saturated rings. The number of carbonyl (C=O) groups excluding carboxylic acids is 2. The molecule has 0 unspecified atom stereocenters. The van der Waals surface area contributed by atoms with Crippen molar-refractivity contribution in [2.75, 3.05) is 11.9 Å². The Morgan fingerprint density at radius 3 is 2.16 bits per heavy atom. The summed E-state index contributed by atoms with van der Waals surface area (Å²) in [6, 6.07) is 11.7. The minimum atomic E-state index is -0.830. The van der Waals surface area contributed by atoms with Crippen molar-refractivity contribution in [3.05, 3.63) is 84.8 Å². The second kappa shape index (κ2) is 9.35. The Kier molecular flexibility index (Phi) is 6.59. The van der Waals surface area contributed by atoms with Crippen LogP contribution in [0.2, 0.25) is 0 Å². The summed E-state index contributed by atoms with van der Waals surface area (Å²) in [5, 5.41) is 25.0. The molecular weight excluding hydrogens is 438 g/mol. The van der Waals surface area contributed by atoms with Crippen molar-refractivity contribution in [3.8, 4) is 11.1 Å². The van der Waals surface area contributed by atoms with E-state index in [-0.39, 0.29) is 22.7 Å². The lowest BCUT2D eigenvalue weighted by atomic mass is 10.0. The number of esters is 1. The Morgan fingerprint density at radius 2 is 1.62 bits per heavy atom. The molecule has 1 aromatic heterocycles. The van der Waals surface area contributed by atoms with Gasteiger partial charge in [-0.05, 0) is 19.4 Å². The highest BCUT2D eigenvalue weighted by Crippen LogP contribution is 2.40. The molecule has 0 atom stereocenters. The molecule has 3 rings (SSSR count). The van der Waals surface area contributed by atoms with Crippen LogP contribution in [-0.2, 0) is 4.74 Å². The van der Waals surface area contributed by atoms with Gasteiger partial charge in [0.2, 0.25) is 0 Å². The molecule has 164 valence electrons. The molecule has 32 heavy (non-hydrogen) atoms. The molecule has 10 nitrogen and oxygen atoms in total. The number of non-ortho nitro benzene ring substituents is 2. The van der Waals surface area contributed by atoms with Crippen LogP contribution in [-0.4, -0.2) is 28.3 Å². The number of nitrogens with zero attached hydrogens (tertiary/aromatic N) is 2. The minimum Gasteiger partial charge on any atom is -0.462 e. The van der Waals surface area contributed by atoms with Crippen LogP contribution in [0.4, 0.5) is 16.4 Å². The fraction of sp³-hybridized carbons (Fsp3) is 0.143. The Labute approximate surface area is 185 Å². The summed E-state index contributed by atoms with van der Waals surface area (Å²) in [4.78, 5) is 46.9. The molecule has 1 heterocycles. The normalized spacial score (nSPS) is 10.4. The van der Waals surface area contributed by atoms with Crippen LogP contribution in [0.1, 0.15) is 32.5 Å². The highest BCUT2D eigenvalue weighted by atomic mass is 32.1. The maximum absolute atomic E-state index is 12.9. The van der Waals surface area contributed by atoms with Crippen molar-refractivity contribution in [1.29, 1.82) is 0 Å². The van der Waals surface area contributed by atoms with Gasteiger partial charge in [0.25, 0.3) is 17.3 Å². The van der Waals surface area contributed by atoms with E-state index in [1.807, 2.05) is 30.3 Å². The first kappa shape index (κ1) is 22.6. The number of nitro groups is 2. The van der Waals surface area contributed by atoms with E-state index in [9.17, 15) is 29.8 Å². The van der Waals surface area contributed by atoms with Crippen LogP contribution in [0.3, 0.4) is 0 Å². The van der Waals surface area contributed by atoms with Crippen molar-refractivity contribution < 1.29 is 24.2 Å². The number of benzene rings is 2. The Bertz CT molecular complexity index is 1190. The van der Waals surface area contributed by atoms with Gasteiger partial charge in [0.15, 0.2) is 0 Å².